The Bertz CT molecular complexity index is 334. The van der Waals surface area contributed by atoms with Crippen LogP contribution in [-0.4, -0.2) is 22.9 Å². The molecule has 0 aromatic carbocycles. The molecule has 0 saturated carbocycles. The smallest absolute Gasteiger partial charge is 0.146 e. The topological polar surface area (TPSA) is 29.9 Å². The van der Waals surface area contributed by atoms with Gasteiger partial charge in [0.05, 0.1) is 5.69 Å². The van der Waals surface area contributed by atoms with E-state index in [0.29, 0.717) is 11.6 Å². The fourth-order valence-corrected chi connectivity index (χ4v) is 2.29. The van der Waals surface area contributed by atoms with E-state index in [9.17, 15) is 4.39 Å². The maximum absolute atomic E-state index is 13.9. The largest absolute Gasteiger partial charge is 0.317 e. The molecule has 0 atom stereocenters. The molecule has 0 aliphatic carbocycles. The number of rotatable bonds is 3. The molecular weight excluding hydrogens is 205 g/mol. The van der Waals surface area contributed by atoms with Crippen LogP contribution in [0.25, 0.3) is 0 Å². The molecule has 4 heteroatoms. The quantitative estimate of drug-likeness (QED) is 0.853. The molecule has 0 radical (unpaired) electrons. The molecule has 1 aromatic rings. The summed E-state index contributed by atoms with van der Waals surface area (Å²) < 4.78 is 15.7. The van der Waals surface area contributed by atoms with Crippen molar-refractivity contribution in [3.05, 3.63) is 18.0 Å². The Labute approximate surface area is 96.0 Å². The summed E-state index contributed by atoms with van der Waals surface area (Å²) in [7, 11) is 0. The first-order valence-corrected chi connectivity index (χ1v) is 5.99. The fraction of sp³-hybridized carbons (Fsp3) is 0.750. The third-order valence-corrected chi connectivity index (χ3v) is 3.22. The van der Waals surface area contributed by atoms with Crippen LogP contribution in [0.3, 0.4) is 0 Å². The van der Waals surface area contributed by atoms with Crippen LogP contribution >= 0.6 is 0 Å². The van der Waals surface area contributed by atoms with Crippen molar-refractivity contribution in [2.75, 3.05) is 13.1 Å². The molecule has 3 nitrogen and oxygen atoms in total. The lowest BCUT2D eigenvalue weighted by Gasteiger charge is -2.24. The molecule has 1 fully saturated rings. The number of halogens is 1. The fourth-order valence-electron chi connectivity index (χ4n) is 2.29. The van der Waals surface area contributed by atoms with Gasteiger partial charge in [-0.1, -0.05) is 0 Å². The van der Waals surface area contributed by atoms with E-state index in [4.69, 9.17) is 0 Å². The molecule has 2 rings (SSSR count). The standard InChI is InChI=1S/C12H20FN3/c1-12(2,13)11-5-8-15-16(11)9-10-3-6-14-7-4-10/h5,8,10,14H,3-4,6-7,9H2,1-2H3. The molecule has 90 valence electrons. The number of aromatic nitrogens is 2. The number of nitrogens with zero attached hydrogens (tertiary/aromatic N) is 2. The van der Waals surface area contributed by atoms with Gasteiger partial charge in [-0.25, -0.2) is 4.39 Å². The van der Waals surface area contributed by atoms with Crippen molar-refractivity contribution in [3.63, 3.8) is 0 Å². The zero-order chi connectivity index (χ0) is 11.6. The average Bonchev–Trinajstić information content (AvgIpc) is 2.67. The third kappa shape index (κ3) is 2.61. The van der Waals surface area contributed by atoms with E-state index in [-0.39, 0.29) is 0 Å². The van der Waals surface area contributed by atoms with Crippen molar-refractivity contribution in [1.82, 2.24) is 15.1 Å². The number of hydrogen-bond acceptors (Lipinski definition) is 2. The first-order valence-electron chi connectivity index (χ1n) is 5.99. The summed E-state index contributed by atoms with van der Waals surface area (Å²) in [6, 6.07) is 1.78. The van der Waals surface area contributed by atoms with E-state index in [0.717, 1.165) is 32.5 Å². The van der Waals surface area contributed by atoms with Gasteiger partial charge in [0, 0.05) is 12.7 Å². The van der Waals surface area contributed by atoms with Crippen LogP contribution < -0.4 is 5.32 Å². The first kappa shape index (κ1) is 11.6. The lowest BCUT2D eigenvalue weighted by Crippen LogP contribution is -2.31. The summed E-state index contributed by atoms with van der Waals surface area (Å²) in [5.41, 5.74) is -0.616. The Morgan fingerprint density at radius 1 is 1.50 bits per heavy atom. The van der Waals surface area contributed by atoms with Crippen LogP contribution in [0.1, 0.15) is 32.4 Å². The predicted octanol–water partition coefficient (Wildman–Crippen LogP) is 2.09. The lowest BCUT2D eigenvalue weighted by atomic mass is 9.98. The van der Waals surface area contributed by atoms with Crippen LogP contribution in [0.2, 0.25) is 0 Å². The summed E-state index contributed by atoms with van der Waals surface area (Å²) in [4.78, 5) is 0. The molecule has 16 heavy (non-hydrogen) atoms. The van der Waals surface area contributed by atoms with Crippen molar-refractivity contribution in [1.29, 1.82) is 0 Å². The second kappa shape index (κ2) is 4.53. The Balaban J connectivity index is 2.06. The van der Waals surface area contributed by atoms with Crippen LogP contribution in [0, 0.1) is 5.92 Å². The maximum atomic E-state index is 13.9. The van der Waals surface area contributed by atoms with Gasteiger partial charge >= 0.3 is 0 Å². The van der Waals surface area contributed by atoms with Crippen molar-refractivity contribution < 1.29 is 4.39 Å². The lowest BCUT2D eigenvalue weighted by molar-refractivity contribution is 0.196. The van der Waals surface area contributed by atoms with Crippen molar-refractivity contribution in [2.45, 2.75) is 38.9 Å². The minimum absolute atomic E-state index is 0.627. The number of nitrogens with one attached hydrogen (secondary N) is 1. The van der Waals surface area contributed by atoms with Crippen molar-refractivity contribution in [3.8, 4) is 0 Å². The number of hydrogen-bond donors (Lipinski definition) is 1. The van der Waals surface area contributed by atoms with E-state index < -0.39 is 5.67 Å². The Kier molecular flexibility index (Phi) is 3.28. The van der Waals surface area contributed by atoms with Crippen LogP contribution in [0.4, 0.5) is 4.39 Å². The molecule has 1 saturated heterocycles. The molecule has 1 aliphatic rings. The van der Waals surface area contributed by atoms with E-state index in [1.165, 1.54) is 0 Å². The van der Waals surface area contributed by atoms with Gasteiger partial charge in [0.15, 0.2) is 0 Å². The third-order valence-electron chi connectivity index (χ3n) is 3.22. The van der Waals surface area contributed by atoms with E-state index in [1.807, 2.05) is 4.68 Å². The van der Waals surface area contributed by atoms with Gasteiger partial charge in [0.1, 0.15) is 5.67 Å². The highest BCUT2D eigenvalue weighted by Crippen LogP contribution is 2.25. The van der Waals surface area contributed by atoms with Crippen molar-refractivity contribution in [2.24, 2.45) is 5.92 Å². The van der Waals surface area contributed by atoms with E-state index >= 15 is 0 Å². The summed E-state index contributed by atoms with van der Waals surface area (Å²) in [5.74, 6) is 0.627. The molecule has 0 unspecified atom stereocenters. The monoisotopic (exact) mass is 225 g/mol. The summed E-state index contributed by atoms with van der Waals surface area (Å²) in [6.07, 6.45) is 4.01. The van der Waals surface area contributed by atoms with Gasteiger partial charge < -0.3 is 5.32 Å². The molecule has 0 amide bonds. The van der Waals surface area contributed by atoms with Gasteiger partial charge in [0.25, 0.3) is 0 Å². The second-order valence-corrected chi connectivity index (χ2v) is 5.06. The predicted molar refractivity (Wildman–Crippen MR) is 62.0 cm³/mol. The molecule has 1 aromatic heterocycles. The molecule has 1 aliphatic heterocycles. The first-order chi connectivity index (χ1) is 7.57. The second-order valence-electron chi connectivity index (χ2n) is 5.06. The zero-order valence-electron chi connectivity index (χ0n) is 10.0. The van der Waals surface area contributed by atoms with Crippen LogP contribution in [-0.2, 0) is 12.2 Å². The van der Waals surface area contributed by atoms with Crippen LogP contribution in [0.15, 0.2) is 12.3 Å². The highest BCUT2D eigenvalue weighted by Gasteiger charge is 2.25. The molecule has 2 heterocycles. The van der Waals surface area contributed by atoms with Gasteiger partial charge in [-0.05, 0) is 51.8 Å². The summed E-state index contributed by atoms with van der Waals surface area (Å²) >= 11 is 0. The summed E-state index contributed by atoms with van der Waals surface area (Å²) in [5, 5.41) is 7.57. The Morgan fingerprint density at radius 3 is 2.81 bits per heavy atom. The maximum Gasteiger partial charge on any atom is 0.146 e. The Morgan fingerprint density at radius 2 is 2.19 bits per heavy atom. The average molecular weight is 225 g/mol. The van der Waals surface area contributed by atoms with E-state index in [1.54, 1.807) is 26.1 Å². The molecule has 1 N–H and O–H groups in total. The minimum atomic E-state index is -1.30. The normalized spacial score (nSPS) is 18.9. The highest BCUT2D eigenvalue weighted by atomic mass is 19.1. The zero-order valence-corrected chi connectivity index (χ0v) is 10.0. The van der Waals surface area contributed by atoms with Gasteiger partial charge in [0.2, 0.25) is 0 Å². The number of piperidine rings is 1. The van der Waals surface area contributed by atoms with Gasteiger partial charge in [-0.15, -0.1) is 0 Å². The van der Waals surface area contributed by atoms with Crippen LogP contribution in [0.5, 0.6) is 0 Å². The van der Waals surface area contributed by atoms with E-state index in [2.05, 4.69) is 10.4 Å². The van der Waals surface area contributed by atoms with Crippen molar-refractivity contribution >= 4 is 0 Å². The molecule has 0 bridgehead atoms. The highest BCUT2D eigenvalue weighted by molar-refractivity contribution is 5.09. The van der Waals surface area contributed by atoms with Gasteiger partial charge in [-0.3, -0.25) is 4.68 Å². The number of alkyl halides is 1. The minimum Gasteiger partial charge on any atom is -0.317 e. The Hall–Kier alpha value is -0.900. The molecular formula is C12H20FN3. The summed E-state index contributed by atoms with van der Waals surface area (Å²) in [6.45, 7) is 6.16. The van der Waals surface area contributed by atoms with Gasteiger partial charge in [-0.2, -0.15) is 5.10 Å². The SMILES string of the molecule is CC(C)(F)c1ccnn1CC1CCNCC1. The molecule has 0 spiro atoms.